The highest BCUT2D eigenvalue weighted by molar-refractivity contribution is 5.84. The lowest BCUT2D eigenvalue weighted by Gasteiger charge is -2.26. The van der Waals surface area contributed by atoms with E-state index in [4.69, 9.17) is 0 Å². The zero-order valence-corrected chi connectivity index (χ0v) is 40.4. The summed E-state index contributed by atoms with van der Waals surface area (Å²) < 4.78 is 0. The molecule has 0 bridgehead atoms. The van der Waals surface area contributed by atoms with Gasteiger partial charge in [-0.15, -0.1) is 0 Å². The van der Waals surface area contributed by atoms with Gasteiger partial charge in [-0.05, 0) is 154 Å². The van der Waals surface area contributed by atoms with Crippen molar-refractivity contribution in [3.8, 4) is 22.3 Å². The van der Waals surface area contributed by atoms with Crippen LogP contribution in [0.3, 0.4) is 0 Å². The van der Waals surface area contributed by atoms with Gasteiger partial charge in [-0.25, -0.2) is 0 Å². The van der Waals surface area contributed by atoms with Gasteiger partial charge in [-0.1, -0.05) is 212 Å². The highest BCUT2D eigenvalue weighted by Crippen LogP contribution is 2.40. The fourth-order valence-electron chi connectivity index (χ4n) is 9.27. The summed E-state index contributed by atoms with van der Waals surface area (Å²) in [6.07, 6.45) is 8.63. The second kappa shape index (κ2) is 21.9. The molecule has 11 aromatic carbocycles. The van der Waals surface area contributed by atoms with E-state index in [1.165, 1.54) is 11.1 Å². The summed E-state index contributed by atoms with van der Waals surface area (Å²) in [7, 11) is 0. The maximum atomic E-state index is 2.32. The first-order valence-corrected chi connectivity index (χ1v) is 24.8. The number of para-hydroxylation sites is 3. The molecule has 73 heavy (non-hydrogen) atoms. The third-order valence-electron chi connectivity index (χ3n) is 13.1. The first kappa shape index (κ1) is 45.7. The van der Waals surface area contributed by atoms with Crippen molar-refractivity contribution in [1.29, 1.82) is 0 Å². The Morgan fingerprint density at radius 1 is 0.151 bits per heavy atom. The molecule has 0 amide bonds. The van der Waals surface area contributed by atoms with Crippen LogP contribution in [0.1, 0.15) is 22.3 Å². The standard InChI is InChI=1S/C70H53N3/c1-6-16-54(17-7-1)26-28-56-30-42-65(43-31-56)71(62-20-10-3-11-21-62)67-46-34-58(35-47-67)60-38-50-69(51-39-60)73(64-24-14-5-15-25-64)70-52-40-61(41-53-70)59-36-48-68(49-37-59)72(63-22-12-4-13-23-63)66-44-32-57(33-45-66)29-27-55-18-8-2-9-19-55/h1-53H/b28-26-,29-27-. The molecule has 0 saturated carbocycles. The van der Waals surface area contributed by atoms with Crippen molar-refractivity contribution in [2.75, 3.05) is 14.7 Å². The summed E-state index contributed by atoms with van der Waals surface area (Å²) in [6.45, 7) is 0. The van der Waals surface area contributed by atoms with E-state index in [9.17, 15) is 0 Å². The molecular weight excluding hydrogens is 883 g/mol. The van der Waals surface area contributed by atoms with Crippen molar-refractivity contribution in [3.63, 3.8) is 0 Å². The Balaban J connectivity index is 0.814. The van der Waals surface area contributed by atoms with E-state index in [-0.39, 0.29) is 0 Å². The lowest BCUT2D eigenvalue weighted by Crippen LogP contribution is -2.10. The normalized spacial score (nSPS) is 11.2. The van der Waals surface area contributed by atoms with Crippen LogP contribution in [-0.4, -0.2) is 0 Å². The molecule has 11 aromatic rings. The number of hydrogen-bond acceptors (Lipinski definition) is 3. The first-order valence-electron chi connectivity index (χ1n) is 24.8. The third-order valence-corrected chi connectivity index (χ3v) is 13.1. The molecule has 3 nitrogen and oxygen atoms in total. The van der Waals surface area contributed by atoms with E-state index in [0.717, 1.165) is 84.6 Å². The van der Waals surface area contributed by atoms with Crippen molar-refractivity contribution < 1.29 is 0 Å². The monoisotopic (exact) mass is 935 g/mol. The number of benzene rings is 11. The number of hydrogen-bond donors (Lipinski definition) is 0. The molecule has 0 aliphatic heterocycles. The van der Waals surface area contributed by atoms with E-state index in [1.54, 1.807) is 0 Å². The molecule has 0 aliphatic rings. The number of nitrogens with zero attached hydrogens (tertiary/aromatic N) is 3. The molecule has 0 N–H and O–H groups in total. The summed E-state index contributed by atoms with van der Waals surface area (Å²) in [5.41, 5.74) is 19.2. The van der Waals surface area contributed by atoms with Crippen molar-refractivity contribution in [3.05, 3.63) is 320 Å². The maximum absolute atomic E-state index is 2.32. The molecule has 0 unspecified atom stereocenters. The van der Waals surface area contributed by atoms with Crippen LogP contribution in [0.4, 0.5) is 51.2 Å². The minimum Gasteiger partial charge on any atom is -0.311 e. The van der Waals surface area contributed by atoms with Gasteiger partial charge in [0.1, 0.15) is 0 Å². The van der Waals surface area contributed by atoms with Crippen LogP contribution in [0.5, 0.6) is 0 Å². The van der Waals surface area contributed by atoms with Crippen LogP contribution in [0.15, 0.2) is 297 Å². The van der Waals surface area contributed by atoms with E-state index in [2.05, 4.69) is 324 Å². The fourth-order valence-corrected chi connectivity index (χ4v) is 9.27. The van der Waals surface area contributed by atoms with Crippen LogP contribution < -0.4 is 14.7 Å². The largest absolute Gasteiger partial charge is 0.311 e. The molecule has 0 saturated heterocycles. The number of rotatable bonds is 15. The molecule has 0 spiro atoms. The van der Waals surface area contributed by atoms with Gasteiger partial charge in [-0.3, -0.25) is 0 Å². The molecule has 0 aromatic heterocycles. The smallest absolute Gasteiger partial charge is 0.0462 e. The second-order valence-corrected chi connectivity index (χ2v) is 17.9. The summed E-state index contributed by atoms with van der Waals surface area (Å²) in [4.78, 5) is 6.94. The Morgan fingerprint density at radius 2 is 0.315 bits per heavy atom. The van der Waals surface area contributed by atoms with Gasteiger partial charge in [-0.2, -0.15) is 0 Å². The maximum Gasteiger partial charge on any atom is 0.0462 e. The Morgan fingerprint density at radius 3 is 0.534 bits per heavy atom. The van der Waals surface area contributed by atoms with E-state index < -0.39 is 0 Å². The van der Waals surface area contributed by atoms with E-state index in [0.29, 0.717) is 0 Å². The van der Waals surface area contributed by atoms with E-state index >= 15 is 0 Å². The van der Waals surface area contributed by atoms with Crippen molar-refractivity contribution in [2.45, 2.75) is 0 Å². The Hall–Kier alpha value is -9.70. The van der Waals surface area contributed by atoms with Crippen molar-refractivity contribution >= 4 is 75.5 Å². The SMILES string of the molecule is C(=C/c1ccc(N(c2ccccc2)c2ccc(-c3ccc(N(c4ccccc4)c4ccc(-c5ccc(N(c6ccccc6)c6ccc(/C=C\c7ccccc7)cc6)cc5)cc4)cc3)cc2)cc1)/c1ccccc1. The van der Waals surface area contributed by atoms with Crippen LogP contribution in [0.2, 0.25) is 0 Å². The minimum absolute atomic E-state index is 1.09. The van der Waals surface area contributed by atoms with Gasteiger partial charge in [0.05, 0.1) is 0 Å². The molecule has 0 fully saturated rings. The summed E-state index contributed by atoms with van der Waals surface area (Å²) in [5, 5.41) is 0. The third kappa shape index (κ3) is 10.9. The van der Waals surface area contributed by atoms with Gasteiger partial charge in [0, 0.05) is 51.2 Å². The molecule has 11 rings (SSSR count). The van der Waals surface area contributed by atoms with Gasteiger partial charge >= 0.3 is 0 Å². The topological polar surface area (TPSA) is 9.72 Å². The average molecular weight is 936 g/mol. The molecule has 348 valence electrons. The van der Waals surface area contributed by atoms with Crippen LogP contribution in [0, 0.1) is 0 Å². The first-order chi connectivity index (χ1) is 36.2. The predicted molar refractivity (Wildman–Crippen MR) is 312 cm³/mol. The van der Waals surface area contributed by atoms with Crippen molar-refractivity contribution in [1.82, 2.24) is 0 Å². The van der Waals surface area contributed by atoms with Gasteiger partial charge < -0.3 is 14.7 Å². The molecule has 3 heteroatoms. The molecule has 0 radical (unpaired) electrons. The molecule has 0 heterocycles. The Kier molecular flexibility index (Phi) is 13.7. The summed E-state index contributed by atoms with van der Waals surface area (Å²) in [5.74, 6) is 0. The predicted octanol–water partition coefficient (Wildman–Crippen LogP) is 19.8. The van der Waals surface area contributed by atoms with E-state index in [1.807, 2.05) is 12.1 Å². The Labute approximate surface area is 429 Å². The average Bonchev–Trinajstić information content (AvgIpc) is 3.47. The molecule has 0 atom stereocenters. The summed E-state index contributed by atoms with van der Waals surface area (Å²) in [6, 6.07) is 106. The quantitative estimate of drug-likeness (QED) is 0.0949. The van der Waals surface area contributed by atoms with Crippen LogP contribution >= 0.6 is 0 Å². The zero-order valence-electron chi connectivity index (χ0n) is 40.4. The number of anilines is 9. The Bertz CT molecular complexity index is 3300. The highest BCUT2D eigenvalue weighted by atomic mass is 15.2. The van der Waals surface area contributed by atoms with Crippen molar-refractivity contribution in [2.24, 2.45) is 0 Å². The van der Waals surface area contributed by atoms with Gasteiger partial charge in [0.25, 0.3) is 0 Å². The fraction of sp³-hybridized carbons (Fsp3) is 0. The minimum atomic E-state index is 1.09. The second-order valence-electron chi connectivity index (χ2n) is 17.9. The lowest BCUT2D eigenvalue weighted by molar-refractivity contribution is 1.28. The lowest BCUT2D eigenvalue weighted by atomic mass is 10.0. The molecule has 0 aliphatic carbocycles. The highest BCUT2D eigenvalue weighted by Gasteiger charge is 2.16. The van der Waals surface area contributed by atoms with Crippen LogP contribution in [0.25, 0.3) is 46.6 Å². The molecular formula is C70H53N3. The summed E-state index contributed by atoms with van der Waals surface area (Å²) >= 11 is 0. The zero-order chi connectivity index (χ0) is 49.0. The van der Waals surface area contributed by atoms with Gasteiger partial charge in [0.2, 0.25) is 0 Å². The van der Waals surface area contributed by atoms with Gasteiger partial charge in [0.15, 0.2) is 0 Å². The van der Waals surface area contributed by atoms with Crippen LogP contribution in [-0.2, 0) is 0 Å².